The van der Waals surface area contributed by atoms with Crippen LogP contribution in [0.25, 0.3) is 0 Å². The van der Waals surface area contributed by atoms with Gasteiger partial charge in [0, 0.05) is 5.92 Å². The Morgan fingerprint density at radius 2 is 2.24 bits per heavy atom. The van der Waals surface area contributed by atoms with Gasteiger partial charge in [-0.15, -0.1) is 0 Å². The predicted molar refractivity (Wildman–Crippen MR) is 66.4 cm³/mol. The van der Waals surface area contributed by atoms with E-state index in [0.29, 0.717) is 13.2 Å². The number of ether oxygens (including phenoxy) is 1. The Morgan fingerprint density at radius 3 is 2.71 bits per heavy atom. The fourth-order valence-corrected chi connectivity index (χ4v) is 1.89. The highest BCUT2D eigenvalue weighted by Gasteiger charge is 2.16. The van der Waals surface area contributed by atoms with Gasteiger partial charge in [0.15, 0.2) is 0 Å². The van der Waals surface area contributed by atoms with Crippen LogP contribution in [0.2, 0.25) is 0 Å². The summed E-state index contributed by atoms with van der Waals surface area (Å²) < 4.78 is 5.39. The molecule has 0 aromatic heterocycles. The van der Waals surface area contributed by atoms with Crippen molar-refractivity contribution in [1.29, 1.82) is 0 Å². The van der Waals surface area contributed by atoms with E-state index in [-0.39, 0.29) is 12.3 Å². The van der Waals surface area contributed by atoms with Gasteiger partial charge in [0.2, 0.25) is 0 Å². The third-order valence-corrected chi connectivity index (χ3v) is 2.70. The quantitative estimate of drug-likeness (QED) is 0.792. The minimum Gasteiger partial charge on any atom is -0.494 e. The van der Waals surface area contributed by atoms with Crippen molar-refractivity contribution in [1.82, 2.24) is 0 Å². The van der Waals surface area contributed by atoms with Gasteiger partial charge in [0.25, 0.3) is 0 Å². The SMILES string of the molecule is CCOc1ccc(C(CN)CC(=O)O)c(C)c1. The molecule has 4 nitrogen and oxygen atoms in total. The Bertz CT molecular complexity index is 390. The van der Waals surface area contributed by atoms with Crippen molar-refractivity contribution in [2.45, 2.75) is 26.2 Å². The average Bonchev–Trinajstić information content (AvgIpc) is 2.27. The molecule has 3 N–H and O–H groups in total. The third kappa shape index (κ3) is 3.75. The predicted octanol–water partition coefficient (Wildman–Crippen LogP) is 1.91. The molecule has 1 aromatic carbocycles. The van der Waals surface area contributed by atoms with Crippen molar-refractivity contribution in [2.24, 2.45) is 5.73 Å². The van der Waals surface area contributed by atoms with Gasteiger partial charge in [0.1, 0.15) is 5.75 Å². The molecule has 1 aromatic rings. The zero-order valence-electron chi connectivity index (χ0n) is 10.3. The highest BCUT2D eigenvalue weighted by Crippen LogP contribution is 2.25. The van der Waals surface area contributed by atoms with Crippen molar-refractivity contribution in [3.63, 3.8) is 0 Å². The number of benzene rings is 1. The lowest BCUT2D eigenvalue weighted by Crippen LogP contribution is -2.17. The van der Waals surface area contributed by atoms with E-state index in [0.717, 1.165) is 16.9 Å². The van der Waals surface area contributed by atoms with Crippen LogP contribution in [-0.2, 0) is 4.79 Å². The molecule has 4 heteroatoms. The molecule has 0 aliphatic rings. The van der Waals surface area contributed by atoms with E-state index < -0.39 is 5.97 Å². The lowest BCUT2D eigenvalue weighted by atomic mass is 9.92. The molecule has 0 amide bonds. The molecule has 0 aliphatic heterocycles. The second kappa shape index (κ2) is 6.25. The molecule has 0 radical (unpaired) electrons. The van der Waals surface area contributed by atoms with Crippen molar-refractivity contribution < 1.29 is 14.6 Å². The summed E-state index contributed by atoms with van der Waals surface area (Å²) in [5.41, 5.74) is 7.63. The number of hydrogen-bond donors (Lipinski definition) is 2. The molecule has 0 aliphatic carbocycles. The van der Waals surface area contributed by atoms with Crippen molar-refractivity contribution in [3.05, 3.63) is 29.3 Å². The van der Waals surface area contributed by atoms with Gasteiger partial charge in [-0.1, -0.05) is 6.07 Å². The van der Waals surface area contributed by atoms with E-state index in [4.69, 9.17) is 15.6 Å². The first kappa shape index (κ1) is 13.5. The van der Waals surface area contributed by atoms with E-state index in [1.807, 2.05) is 32.0 Å². The molecule has 0 fully saturated rings. The fourth-order valence-electron chi connectivity index (χ4n) is 1.89. The molecule has 0 bridgehead atoms. The summed E-state index contributed by atoms with van der Waals surface area (Å²) in [6.07, 6.45) is 0.0608. The van der Waals surface area contributed by atoms with Gasteiger partial charge >= 0.3 is 5.97 Å². The second-order valence-corrected chi connectivity index (χ2v) is 3.98. The molecule has 17 heavy (non-hydrogen) atoms. The molecule has 1 atom stereocenters. The van der Waals surface area contributed by atoms with Crippen LogP contribution in [0.4, 0.5) is 0 Å². The Balaban J connectivity index is 2.92. The first-order valence-corrected chi connectivity index (χ1v) is 5.73. The van der Waals surface area contributed by atoms with Crippen LogP contribution < -0.4 is 10.5 Å². The zero-order valence-corrected chi connectivity index (χ0v) is 10.3. The molecular weight excluding hydrogens is 218 g/mol. The molecule has 0 heterocycles. The average molecular weight is 237 g/mol. The lowest BCUT2D eigenvalue weighted by Gasteiger charge is -2.16. The summed E-state index contributed by atoms with van der Waals surface area (Å²) in [7, 11) is 0. The summed E-state index contributed by atoms with van der Waals surface area (Å²) in [5, 5.41) is 8.83. The Labute approximate surface area is 101 Å². The number of rotatable bonds is 6. The fraction of sp³-hybridized carbons (Fsp3) is 0.462. The van der Waals surface area contributed by atoms with Gasteiger partial charge in [-0.3, -0.25) is 4.79 Å². The molecule has 1 unspecified atom stereocenters. The number of aryl methyl sites for hydroxylation is 1. The van der Waals surface area contributed by atoms with E-state index in [1.165, 1.54) is 0 Å². The van der Waals surface area contributed by atoms with Crippen molar-refractivity contribution in [2.75, 3.05) is 13.2 Å². The third-order valence-electron chi connectivity index (χ3n) is 2.70. The van der Waals surface area contributed by atoms with Gasteiger partial charge < -0.3 is 15.6 Å². The first-order valence-electron chi connectivity index (χ1n) is 5.73. The summed E-state index contributed by atoms with van der Waals surface area (Å²) in [6.45, 7) is 4.83. The lowest BCUT2D eigenvalue weighted by molar-refractivity contribution is -0.137. The standard InChI is InChI=1S/C13H19NO3/c1-3-17-11-4-5-12(9(2)6-11)10(8-14)7-13(15)16/h4-6,10H,3,7-8,14H2,1-2H3,(H,15,16). The Morgan fingerprint density at radius 1 is 1.53 bits per heavy atom. The molecule has 1 rings (SSSR count). The topological polar surface area (TPSA) is 72.5 Å². The Kier molecular flexibility index (Phi) is 4.97. The number of nitrogens with two attached hydrogens (primary N) is 1. The van der Waals surface area contributed by atoms with Crippen LogP contribution >= 0.6 is 0 Å². The second-order valence-electron chi connectivity index (χ2n) is 3.98. The van der Waals surface area contributed by atoms with Gasteiger partial charge in [0.05, 0.1) is 13.0 Å². The largest absolute Gasteiger partial charge is 0.494 e. The van der Waals surface area contributed by atoms with Crippen molar-refractivity contribution >= 4 is 5.97 Å². The summed E-state index contributed by atoms with van der Waals surface area (Å²) in [4.78, 5) is 10.7. The zero-order chi connectivity index (χ0) is 12.8. The van der Waals surface area contributed by atoms with Crippen LogP contribution in [0.1, 0.15) is 30.4 Å². The van der Waals surface area contributed by atoms with Crippen LogP contribution in [0, 0.1) is 6.92 Å². The number of hydrogen-bond acceptors (Lipinski definition) is 3. The van der Waals surface area contributed by atoms with Crippen LogP contribution in [0.15, 0.2) is 18.2 Å². The number of aliphatic carboxylic acids is 1. The van der Waals surface area contributed by atoms with Gasteiger partial charge in [-0.05, 0) is 43.7 Å². The molecule has 94 valence electrons. The number of carbonyl (C=O) groups is 1. The molecule has 0 saturated heterocycles. The monoisotopic (exact) mass is 237 g/mol. The molecule has 0 saturated carbocycles. The van der Waals surface area contributed by atoms with E-state index >= 15 is 0 Å². The minimum absolute atomic E-state index is 0.0608. The first-order chi connectivity index (χ1) is 8.08. The Hall–Kier alpha value is -1.55. The highest BCUT2D eigenvalue weighted by atomic mass is 16.5. The number of carboxylic acid groups (broad SMARTS) is 1. The summed E-state index contributed by atoms with van der Waals surface area (Å²) in [6, 6.07) is 5.68. The smallest absolute Gasteiger partial charge is 0.304 e. The maximum Gasteiger partial charge on any atom is 0.304 e. The van der Waals surface area contributed by atoms with E-state index in [2.05, 4.69) is 0 Å². The van der Waals surface area contributed by atoms with Crippen molar-refractivity contribution in [3.8, 4) is 5.75 Å². The van der Waals surface area contributed by atoms with Gasteiger partial charge in [-0.25, -0.2) is 0 Å². The van der Waals surface area contributed by atoms with Crippen LogP contribution in [0.3, 0.4) is 0 Å². The highest BCUT2D eigenvalue weighted by molar-refractivity contribution is 5.68. The summed E-state index contributed by atoms with van der Waals surface area (Å²) in [5.74, 6) is -0.156. The van der Waals surface area contributed by atoms with Crippen LogP contribution in [0.5, 0.6) is 5.75 Å². The van der Waals surface area contributed by atoms with Crippen LogP contribution in [-0.4, -0.2) is 24.2 Å². The molecular formula is C13H19NO3. The van der Waals surface area contributed by atoms with Gasteiger partial charge in [-0.2, -0.15) is 0 Å². The summed E-state index contributed by atoms with van der Waals surface area (Å²) >= 11 is 0. The minimum atomic E-state index is -0.825. The maximum absolute atomic E-state index is 10.7. The van der Waals surface area contributed by atoms with E-state index in [1.54, 1.807) is 0 Å². The normalized spacial score (nSPS) is 12.2. The number of carboxylic acids is 1. The molecule has 0 spiro atoms. The maximum atomic E-state index is 10.7. The van der Waals surface area contributed by atoms with E-state index in [9.17, 15) is 4.79 Å².